The summed E-state index contributed by atoms with van der Waals surface area (Å²) in [5.41, 5.74) is 8.11. The smallest absolute Gasteiger partial charge is 0.123 e. The summed E-state index contributed by atoms with van der Waals surface area (Å²) in [4.78, 5) is 0. The van der Waals surface area contributed by atoms with Crippen molar-refractivity contribution < 1.29 is 26.9 Å². The van der Waals surface area contributed by atoms with E-state index in [2.05, 4.69) is 5.73 Å². The van der Waals surface area contributed by atoms with Gasteiger partial charge >= 0.3 is 0 Å². The minimum absolute atomic E-state index is 0. The molecule has 0 aliphatic heterocycles. The monoisotopic (exact) mass is 309 g/mol. The highest BCUT2D eigenvalue weighted by Crippen LogP contribution is 2.29. The second-order valence-corrected chi connectivity index (χ2v) is 4.82. The number of halogens is 3. The van der Waals surface area contributed by atoms with Gasteiger partial charge in [0, 0.05) is 0 Å². The highest BCUT2D eigenvalue weighted by atomic mass is 35.5. The Bertz CT molecular complexity index is 612. The molecule has 0 amide bonds. The Kier molecular flexibility index (Phi) is 6.06. The predicted molar refractivity (Wildman–Crippen MR) is 77.1 cm³/mol. The Morgan fingerprint density at radius 1 is 0.952 bits per heavy atom. The summed E-state index contributed by atoms with van der Waals surface area (Å²) in [6, 6.07) is 9.30. The van der Waals surface area contributed by atoms with Crippen molar-refractivity contribution in [1.29, 1.82) is 0 Å². The van der Waals surface area contributed by atoms with E-state index in [9.17, 15) is 8.78 Å². The van der Waals surface area contributed by atoms with Gasteiger partial charge in [0.15, 0.2) is 0 Å². The Balaban J connectivity index is 0.00000220. The van der Waals surface area contributed by atoms with E-state index in [1.54, 1.807) is 12.1 Å². The molecule has 0 heterocycles. The van der Waals surface area contributed by atoms with E-state index >= 15 is 0 Å². The molecule has 0 aliphatic rings. The van der Waals surface area contributed by atoms with Gasteiger partial charge < -0.3 is 18.1 Å². The zero-order chi connectivity index (χ0) is 14.7. The average molecular weight is 310 g/mol. The van der Waals surface area contributed by atoms with E-state index in [1.165, 1.54) is 24.3 Å². The largest absolute Gasteiger partial charge is 1.00 e. The van der Waals surface area contributed by atoms with Crippen LogP contribution >= 0.6 is 0 Å². The molecule has 112 valence electrons. The first-order chi connectivity index (χ1) is 9.52. The third kappa shape index (κ3) is 3.90. The first kappa shape index (κ1) is 17.3. The number of rotatable bonds is 3. The van der Waals surface area contributed by atoms with Crippen LogP contribution in [0.5, 0.6) is 0 Å². The van der Waals surface area contributed by atoms with Crippen LogP contribution in [0.1, 0.15) is 22.3 Å². The lowest BCUT2D eigenvalue weighted by molar-refractivity contribution is -0.352. The van der Waals surface area contributed by atoms with Crippen molar-refractivity contribution in [2.45, 2.75) is 13.8 Å². The second-order valence-electron chi connectivity index (χ2n) is 4.82. The van der Waals surface area contributed by atoms with Crippen molar-refractivity contribution in [1.82, 2.24) is 0 Å². The molecule has 2 aromatic carbocycles. The molecule has 21 heavy (non-hydrogen) atoms. The number of hydrogen-bond donors (Lipinski definition) is 1. The van der Waals surface area contributed by atoms with Crippen LogP contribution in [0.15, 0.2) is 42.5 Å². The molecule has 2 rings (SSSR count). The van der Waals surface area contributed by atoms with E-state index in [1.807, 2.05) is 19.9 Å². The van der Waals surface area contributed by atoms with Crippen LogP contribution in [0, 0.1) is 25.5 Å². The van der Waals surface area contributed by atoms with Crippen molar-refractivity contribution in [3.63, 3.8) is 0 Å². The van der Waals surface area contributed by atoms with Gasteiger partial charge in [-0.25, -0.2) is 8.78 Å². The van der Waals surface area contributed by atoms with Crippen molar-refractivity contribution in [2.24, 2.45) is 0 Å². The first-order valence-corrected chi connectivity index (χ1v) is 6.55. The minimum atomic E-state index is -0.297. The van der Waals surface area contributed by atoms with Crippen molar-refractivity contribution in [3.05, 3.63) is 76.4 Å². The van der Waals surface area contributed by atoms with Gasteiger partial charge in [-0.3, -0.25) is 0 Å². The summed E-state index contributed by atoms with van der Waals surface area (Å²) in [6.45, 7) is 4.39. The van der Waals surface area contributed by atoms with Gasteiger partial charge in [0.2, 0.25) is 0 Å². The second kappa shape index (κ2) is 7.34. The summed E-state index contributed by atoms with van der Waals surface area (Å²) in [5, 5.41) is 0. The lowest BCUT2D eigenvalue weighted by Crippen LogP contribution is -3.00. The molecule has 2 aromatic rings. The molecular formula is C17H18ClF2N. The predicted octanol–water partition coefficient (Wildman–Crippen LogP) is 0.259. The maximum atomic E-state index is 13.5. The van der Waals surface area contributed by atoms with Crippen molar-refractivity contribution in [3.8, 4) is 0 Å². The van der Waals surface area contributed by atoms with Crippen LogP contribution in [0.3, 0.4) is 0 Å². The van der Waals surface area contributed by atoms with Crippen LogP contribution < -0.4 is 18.1 Å². The number of aryl methyl sites for hydroxylation is 2. The van der Waals surface area contributed by atoms with Crippen LogP contribution in [0.25, 0.3) is 5.57 Å². The van der Waals surface area contributed by atoms with Gasteiger partial charge in [0.25, 0.3) is 0 Å². The molecule has 4 heteroatoms. The third-order valence-corrected chi connectivity index (χ3v) is 3.33. The summed E-state index contributed by atoms with van der Waals surface area (Å²) in [5.74, 6) is -0.593. The molecule has 0 aliphatic carbocycles. The molecule has 0 fully saturated rings. The molecular weight excluding hydrogens is 292 g/mol. The molecule has 0 bridgehead atoms. The maximum absolute atomic E-state index is 13.5. The molecule has 1 nitrogen and oxygen atoms in total. The SMILES string of the molecule is Cc1ccc(F)cc1C(=CC[NH3+])c1cc(F)ccc1C.[Cl-]. The molecule has 0 aromatic heterocycles. The average Bonchev–Trinajstić information content (AvgIpc) is 2.42. The van der Waals surface area contributed by atoms with Crippen LogP contribution in [-0.4, -0.2) is 6.54 Å². The number of benzene rings is 2. The Hall–Kier alpha value is -1.71. The molecule has 0 spiro atoms. The molecule has 0 atom stereocenters. The zero-order valence-electron chi connectivity index (χ0n) is 12.1. The topological polar surface area (TPSA) is 27.6 Å². The molecule has 0 saturated carbocycles. The van der Waals surface area contributed by atoms with Gasteiger partial charge in [0.1, 0.15) is 11.6 Å². The summed E-state index contributed by atoms with van der Waals surface area (Å²) in [7, 11) is 0. The summed E-state index contributed by atoms with van der Waals surface area (Å²) >= 11 is 0. The lowest BCUT2D eigenvalue weighted by atomic mass is 9.91. The quantitative estimate of drug-likeness (QED) is 0.842. The molecule has 0 unspecified atom stereocenters. The summed E-state index contributed by atoms with van der Waals surface area (Å²) in [6.07, 6.45) is 1.91. The molecule has 3 N–H and O–H groups in total. The Morgan fingerprint density at radius 3 is 1.76 bits per heavy atom. The molecule has 0 saturated heterocycles. The lowest BCUT2D eigenvalue weighted by Gasteiger charge is -2.14. The fraction of sp³-hybridized carbons (Fsp3) is 0.176. The van der Waals surface area contributed by atoms with Gasteiger partial charge in [-0.2, -0.15) is 0 Å². The van der Waals surface area contributed by atoms with E-state index in [0.717, 1.165) is 27.8 Å². The fourth-order valence-electron chi connectivity index (χ4n) is 2.28. The standard InChI is InChI=1S/C17H17F2N.ClH/c1-11-3-5-13(18)9-16(11)15(7-8-20)17-10-14(19)6-4-12(17)2;/h3-7,9-10H,8,20H2,1-2H3;1H. The molecule has 0 radical (unpaired) electrons. The van der Waals surface area contributed by atoms with Gasteiger partial charge in [-0.1, -0.05) is 12.1 Å². The van der Waals surface area contributed by atoms with Crippen LogP contribution in [-0.2, 0) is 0 Å². The Labute approximate surface area is 129 Å². The van der Waals surface area contributed by atoms with E-state index in [-0.39, 0.29) is 24.0 Å². The highest BCUT2D eigenvalue weighted by molar-refractivity contribution is 5.82. The third-order valence-electron chi connectivity index (χ3n) is 3.33. The fourth-order valence-corrected chi connectivity index (χ4v) is 2.28. The minimum Gasteiger partial charge on any atom is -1.00 e. The normalized spacial score (nSPS) is 9.95. The van der Waals surface area contributed by atoms with Gasteiger partial charge in [-0.05, 0) is 72.0 Å². The number of quaternary nitrogens is 1. The first-order valence-electron chi connectivity index (χ1n) is 6.55. The van der Waals surface area contributed by atoms with Crippen molar-refractivity contribution >= 4 is 5.57 Å². The zero-order valence-corrected chi connectivity index (χ0v) is 12.8. The van der Waals surface area contributed by atoms with Gasteiger partial charge in [0.05, 0.1) is 6.54 Å². The van der Waals surface area contributed by atoms with E-state index in [0.29, 0.717) is 6.54 Å². The Morgan fingerprint density at radius 2 is 1.38 bits per heavy atom. The van der Waals surface area contributed by atoms with Gasteiger partial charge in [-0.15, -0.1) is 0 Å². The van der Waals surface area contributed by atoms with Crippen molar-refractivity contribution in [2.75, 3.05) is 6.54 Å². The summed E-state index contributed by atoms with van der Waals surface area (Å²) < 4.78 is 27.1. The number of hydrogen-bond acceptors (Lipinski definition) is 0. The van der Waals surface area contributed by atoms with Crippen LogP contribution in [0.4, 0.5) is 8.78 Å². The van der Waals surface area contributed by atoms with E-state index < -0.39 is 0 Å². The van der Waals surface area contributed by atoms with Crippen LogP contribution in [0.2, 0.25) is 0 Å². The van der Waals surface area contributed by atoms with E-state index in [4.69, 9.17) is 0 Å². The highest BCUT2D eigenvalue weighted by Gasteiger charge is 2.12. The maximum Gasteiger partial charge on any atom is 0.123 e.